The van der Waals surface area contributed by atoms with E-state index in [2.05, 4.69) is 9.97 Å². The highest BCUT2D eigenvalue weighted by atomic mass is 16.5. The zero-order chi connectivity index (χ0) is 15.0. The number of ether oxygens (including phenoxy) is 1. The summed E-state index contributed by atoms with van der Waals surface area (Å²) in [7, 11) is 0. The van der Waals surface area contributed by atoms with Crippen LogP contribution in [0.3, 0.4) is 0 Å². The van der Waals surface area contributed by atoms with Gasteiger partial charge < -0.3 is 10.5 Å². The summed E-state index contributed by atoms with van der Waals surface area (Å²) in [6.45, 7) is 4.03. The van der Waals surface area contributed by atoms with Gasteiger partial charge in [0.25, 0.3) is 5.56 Å². The van der Waals surface area contributed by atoms with Crippen molar-refractivity contribution in [1.29, 1.82) is 0 Å². The van der Waals surface area contributed by atoms with Crippen LogP contribution in [-0.2, 0) is 0 Å². The molecule has 106 valence electrons. The Kier molecular flexibility index (Phi) is 3.10. The number of benzene rings is 2. The quantitative estimate of drug-likeness (QED) is 0.708. The van der Waals surface area contributed by atoms with Gasteiger partial charge in [0.15, 0.2) is 0 Å². The Labute approximate surface area is 121 Å². The van der Waals surface area contributed by atoms with Crippen LogP contribution in [-0.4, -0.2) is 9.97 Å². The third kappa shape index (κ3) is 2.58. The van der Waals surface area contributed by atoms with E-state index in [-0.39, 0.29) is 11.6 Å². The average Bonchev–Trinajstić information content (AvgIpc) is 2.44. The van der Waals surface area contributed by atoms with E-state index in [0.717, 1.165) is 5.56 Å². The Morgan fingerprint density at radius 2 is 1.90 bits per heavy atom. The standard InChI is InChI=1S/C16H15N3O2/c1-9-3-5-12(7-10(9)2)21-16-18-14-6-4-11(17)8-13(14)15(20)19-16/h3-8H,17H2,1-2H3,(H,18,19,20). The Hall–Kier alpha value is -2.82. The maximum Gasteiger partial charge on any atom is 0.302 e. The predicted octanol–water partition coefficient (Wildman–Crippen LogP) is 2.91. The molecule has 0 aliphatic heterocycles. The smallest absolute Gasteiger partial charge is 0.302 e. The predicted molar refractivity (Wildman–Crippen MR) is 82.8 cm³/mol. The summed E-state index contributed by atoms with van der Waals surface area (Å²) in [6, 6.07) is 10.9. The van der Waals surface area contributed by atoms with Gasteiger partial charge in [0.05, 0.1) is 10.9 Å². The molecule has 0 saturated carbocycles. The maximum absolute atomic E-state index is 12.0. The van der Waals surface area contributed by atoms with Crippen molar-refractivity contribution >= 4 is 16.6 Å². The van der Waals surface area contributed by atoms with Crippen molar-refractivity contribution in [1.82, 2.24) is 9.97 Å². The second kappa shape index (κ2) is 4.94. The van der Waals surface area contributed by atoms with Crippen molar-refractivity contribution in [3.63, 3.8) is 0 Å². The molecule has 0 amide bonds. The Balaban J connectivity index is 2.03. The zero-order valence-corrected chi connectivity index (χ0v) is 11.8. The lowest BCUT2D eigenvalue weighted by molar-refractivity contribution is 0.442. The lowest BCUT2D eigenvalue weighted by Crippen LogP contribution is -2.09. The first-order chi connectivity index (χ1) is 10.0. The van der Waals surface area contributed by atoms with Crippen molar-refractivity contribution < 1.29 is 4.74 Å². The number of hydrogen-bond acceptors (Lipinski definition) is 4. The number of nitrogen functional groups attached to an aromatic ring is 1. The summed E-state index contributed by atoms with van der Waals surface area (Å²) in [5, 5.41) is 0.447. The Morgan fingerprint density at radius 1 is 1.10 bits per heavy atom. The minimum atomic E-state index is -0.272. The molecule has 3 rings (SSSR count). The number of H-pyrrole nitrogens is 1. The summed E-state index contributed by atoms with van der Waals surface area (Å²) in [4.78, 5) is 18.9. The number of nitrogens with two attached hydrogens (primary N) is 1. The molecule has 0 radical (unpaired) electrons. The van der Waals surface area contributed by atoms with Crippen LogP contribution in [0.2, 0.25) is 0 Å². The summed E-state index contributed by atoms with van der Waals surface area (Å²) in [6.07, 6.45) is 0. The minimum Gasteiger partial charge on any atom is -0.426 e. The van der Waals surface area contributed by atoms with Crippen LogP contribution in [0.4, 0.5) is 5.69 Å². The van der Waals surface area contributed by atoms with Crippen molar-refractivity contribution in [2.45, 2.75) is 13.8 Å². The maximum atomic E-state index is 12.0. The highest BCUT2D eigenvalue weighted by Gasteiger charge is 2.06. The number of nitrogens with zero attached hydrogens (tertiary/aromatic N) is 1. The van der Waals surface area contributed by atoms with E-state index in [4.69, 9.17) is 10.5 Å². The van der Waals surface area contributed by atoms with Gasteiger partial charge in [-0.1, -0.05) is 6.07 Å². The van der Waals surface area contributed by atoms with E-state index in [0.29, 0.717) is 22.3 Å². The van der Waals surface area contributed by atoms with E-state index < -0.39 is 0 Å². The highest BCUT2D eigenvalue weighted by Crippen LogP contribution is 2.21. The fourth-order valence-electron chi connectivity index (χ4n) is 2.07. The van der Waals surface area contributed by atoms with Gasteiger partial charge in [-0.05, 0) is 55.3 Å². The first-order valence-electron chi connectivity index (χ1n) is 6.57. The van der Waals surface area contributed by atoms with Crippen molar-refractivity contribution in [2.24, 2.45) is 0 Å². The first kappa shape index (κ1) is 13.2. The normalized spacial score (nSPS) is 10.8. The minimum absolute atomic E-state index is 0.167. The molecule has 0 atom stereocenters. The van der Waals surface area contributed by atoms with Crippen molar-refractivity contribution in [2.75, 3.05) is 5.73 Å². The SMILES string of the molecule is Cc1ccc(Oc2nc3ccc(N)cc3c(=O)[nH]2)cc1C. The van der Waals surface area contributed by atoms with Crippen LogP contribution in [0.1, 0.15) is 11.1 Å². The fraction of sp³-hybridized carbons (Fsp3) is 0.125. The molecule has 0 aliphatic carbocycles. The van der Waals surface area contributed by atoms with Gasteiger partial charge in [-0.2, -0.15) is 4.98 Å². The summed E-state index contributed by atoms with van der Waals surface area (Å²) in [5.74, 6) is 0.635. The molecule has 2 aromatic carbocycles. The van der Waals surface area contributed by atoms with Gasteiger partial charge in [-0.3, -0.25) is 9.78 Å². The number of rotatable bonds is 2. The van der Waals surface area contributed by atoms with Crippen LogP contribution in [0.25, 0.3) is 10.9 Å². The molecule has 3 N–H and O–H groups in total. The molecular formula is C16H15N3O2. The molecule has 0 saturated heterocycles. The van der Waals surface area contributed by atoms with Crippen LogP contribution < -0.4 is 16.0 Å². The van der Waals surface area contributed by atoms with E-state index in [1.807, 2.05) is 32.0 Å². The number of hydrogen-bond donors (Lipinski definition) is 2. The highest BCUT2D eigenvalue weighted by molar-refractivity contribution is 5.81. The molecule has 1 aromatic heterocycles. The first-order valence-corrected chi connectivity index (χ1v) is 6.57. The molecule has 3 aromatic rings. The van der Waals surface area contributed by atoms with Crippen LogP contribution >= 0.6 is 0 Å². The van der Waals surface area contributed by atoms with Crippen LogP contribution in [0, 0.1) is 13.8 Å². The molecular weight excluding hydrogens is 266 g/mol. The molecule has 0 aliphatic rings. The summed E-state index contributed by atoms with van der Waals surface area (Å²) in [5.41, 5.74) is 8.77. The number of aromatic nitrogens is 2. The number of nitrogens with one attached hydrogen (secondary N) is 1. The molecule has 0 unspecified atom stereocenters. The monoisotopic (exact) mass is 281 g/mol. The van der Waals surface area contributed by atoms with E-state index >= 15 is 0 Å². The van der Waals surface area contributed by atoms with Gasteiger partial charge in [-0.15, -0.1) is 0 Å². The van der Waals surface area contributed by atoms with Gasteiger partial charge in [0.1, 0.15) is 5.75 Å². The number of aromatic amines is 1. The summed E-state index contributed by atoms with van der Waals surface area (Å²) >= 11 is 0. The molecule has 5 nitrogen and oxygen atoms in total. The number of fused-ring (bicyclic) bond motifs is 1. The molecule has 0 bridgehead atoms. The fourth-order valence-corrected chi connectivity index (χ4v) is 2.07. The Morgan fingerprint density at radius 3 is 2.67 bits per heavy atom. The van der Waals surface area contributed by atoms with Gasteiger partial charge in [0.2, 0.25) is 0 Å². The Bertz CT molecular complexity index is 884. The molecule has 0 spiro atoms. The van der Waals surface area contributed by atoms with Gasteiger partial charge in [0, 0.05) is 5.69 Å². The zero-order valence-electron chi connectivity index (χ0n) is 11.8. The number of aryl methyl sites for hydroxylation is 2. The van der Waals surface area contributed by atoms with Crippen LogP contribution in [0.15, 0.2) is 41.2 Å². The molecule has 1 heterocycles. The summed E-state index contributed by atoms with van der Waals surface area (Å²) < 4.78 is 5.64. The number of anilines is 1. The third-order valence-electron chi connectivity index (χ3n) is 3.40. The van der Waals surface area contributed by atoms with E-state index in [1.165, 1.54) is 5.56 Å². The molecule has 5 heteroatoms. The van der Waals surface area contributed by atoms with Crippen molar-refractivity contribution in [3.05, 3.63) is 57.9 Å². The lowest BCUT2D eigenvalue weighted by atomic mass is 10.1. The van der Waals surface area contributed by atoms with Gasteiger partial charge in [-0.25, -0.2) is 0 Å². The van der Waals surface area contributed by atoms with Gasteiger partial charge >= 0.3 is 6.01 Å². The second-order valence-corrected chi connectivity index (χ2v) is 5.00. The van der Waals surface area contributed by atoms with E-state index in [1.54, 1.807) is 18.2 Å². The average molecular weight is 281 g/mol. The molecule has 0 fully saturated rings. The largest absolute Gasteiger partial charge is 0.426 e. The van der Waals surface area contributed by atoms with Crippen molar-refractivity contribution in [3.8, 4) is 11.8 Å². The van der Waals surface area contributed by atoms with Crippen LogP contribution in [0.5, 0.6) is 11.8 Å². The van der Waals surface area contributed by atoms with E-state index in [9.17, 15) is 4.79 Å². The lowest BCUT2D eigenvalue weighted by Gasteiger charge is -2.07. The topological polar surface area (TPSA) is 81.0 Å². The second-order valence-electron chi connectivity index (χ2n) is 5.00. The molecule has 21 heavy (non-hydrogen) atoms. The third-order valence-corrected chi connectivity index (χ3v) is 3.40.